The van der Waals surface area contributed by atoms with E-state index in [0.717, 1.165) is 37.3 Å². The second-order valence-corrected chi connectivity index (χ2v) is 5.61. The lowest BCUT2D eigenvalue weighted by molar-refractivity contribution is -0.116. The second kappa shape index (κ2) is 8.20. The summed E-state index contributed by atoms with van der Waals surface area (Å²) in [5.74, 6) is 0.576. The van der Waals surface area contributed by atoms with Gasteiger partial charge in [0, 0.05) is 38.8 Å². The third-order valence-corrected chi connectivity index (χ3v) is 3.91. The van der Waals surface area contributed by atoms with Crippen molar-refractivity contribution in [1.29, 1.82) is 5.26 Å². The average molecular weight is 313 g/mol. The summed E-state index contributed by atoms with van der Waals surface area (Å²) in [6.45, 7) is 2.07. The monoisotopic (exact) mass is 313 g/mol. The maximum atomic E-state index is 11.7. The molecule has 1 atom stereocenters. The van der Waals surface area contributed by atoms with E-state index in [4.69, 9.17) is 11.0 Å². The fraction of sp³-hybridized carbons (Fsp3) is 0.412. The third-order valence-electron chi connectivity index (χ3n) is 3.91. The molecule has 6 heteroatoms. The van der Waals surface area contributed by atoms with Gasteiger partial charge < -0.3 is 21.3 Å². The molecule has 0 saturated carbocycles. The van der Waals surface area contributed by atoms with Crippen molar-refractivity contribution in [3.63, 3.8) is 0 Å². The number of rotatable bonds is 5. The Balaban J connectivity index is 2.13. The van der Waals surface area contributed by atoms with E-state index in [1.807, 2.05) is 18.2 Å². The first kappa shape index (κ1) is 16.8. The van der Waals surface area contributed by atoms with Gasteiger partial charge in [-0.2, -0.15) is 5.26 Å². The number of hydrogen-bond acceptors (Lipinski definition) is 5. The van der Waals surface area contributed by atoms with Crippen LogP contribution in [-0.4, -0.2) is 37.0 Å². The third kappa shape index (κ3) is 4.73. The van der Waals surface area contributed by atoms with E-state index >= 15 is 0 Å². The fourth-order valence-electron chi connectivity index (χ4n) is 2.65. The highest BCUT2D eigenvalue weighted by molar-refractivity contribution is 5.87. The molecule has 1 saturated heterocycles. The van der Waals surface area contributed by atoms with Gasteiger partial charge in [0.25, 0.3) is 0 Å². The van der Waals surface area contributed by atoms with Crippen LogP contribution in [0.15, 0.2) is 36.2 Å². The van der Waals surface area contributed by atoms with E-state index in [-0.39, 0.29) is 11.9 Å². The van der Waals surface area contributed by atoms with Crippen LogP contribution in [0.5, 0.6) is 0 Å². The predicted octanol–water partition coefficient (Wildman–Crippen LogP) is 0.658. The van der Waals surface area contributed by atoms with Crippen LogP contribution in [0, 0.1) is 11.3 Å². The highest BCUT2D eigenvalue weighted by atomic mass is 16.1. The number of carbonyl (C=O) groups excluding carboxylic acids is 1. The van der Waals surface area contributed by atoms with Gasteiger partial charge in [-0.1, -0.05) is 18.2 Å². The van der Waals surface area contributed by atoms with Gasteiger partial charge in [0.05, 0.1) is 11.6 Å². The number of benzene rings is 1. The Bertz CT molecular complexity index is 620. The molecule has 0 bridgehead atoms. The Hall–Kier alpha value is -2.52. The predicted molar refractivity (Wildman–Crippen MR) is 88.9 cm³/mol. The number of hydrogen-bond donors (Lipinski definition) is 3. The highest BCUT2D eigenvalue weighted by Gasteiger charge is 2.19. The van der Waals surface area contributed by atoms with Gasteiger partial charge in [-0.15, -0.1) is 0 Å². The molecule has 1 aromatic carbocycles. The molecule has 1 amide bonds. The molecule has 0 radical (unpaired) electrons. The Kier molecular flexibility index (Phi) is 6.01. The van der Waals surface area contributed by atoms with Crippen LogP contribution in [0.3, 0.4) is 0 Å². The summed E-state index contributed by atoms with van der Waals surface area (Å²) in [5, 5.41) is 15.1. The van der Waals surface area contributed by atoms with Crippen LogP contribution in [0.2, 0.25) is 0 Å². The van der Waals surface area contributed by atoms with Gasteiger partial charge in [-0.05, 0) is 24.5 Å². The van der Waals surface area contributed by atoms with Crippen LogP contribution >= 0.6 is 0 Å². The lowest BCUT2D eigenvalue weighted by atomic mass is 10.1. The summed E-state index contributed by atoms with van der Waals surface area (Å²) in [6, 6.07) is 9.74. The molecule has 1 aliphatic rings. The number of carbonyl (C=O) groups is 1. The highest BCUT2D eigenvalue weighted by Crippen LogP contribution is 2.14. The van der Waals surface area contributed by atoms with Crippen molar-refractivity contribution in [3.8, 4) is 6.07 Å². The molecule has 2 rings (SSSR count). The minimum Gasteiger partial charge on any atom is -0.367 e. The van der Waals surface area contributed by atoms with E-state index in [2.05, 4.69) is 21.6 Å². The Morgan fingerprint density at radius 1 is 1.52 bits per heavy atom. The smallest absolute Gasteiger partial charge is 0.247 e. The summed E-state index contributed by atoms with van der Waals surface area (Å²) in [7, 11) is 1.60. The molecular formula is C17H23N5O. The molecule has 1 aliphatic heterocycles. The number of likely N-dealkylation sites (tertiary alicyclic amines) is 1. The standard InChI is InChI=1S/C17H23N5O/c1-20-17(23)9-16(22-8-4-7-15(19)12-22)21-11-14-6-3-2-5-13(14)10-18/h2-3,5-6,9,15,21H,4,7-8,11-12,19H2,1H3,(H,20,23)/b16-9+/t15-/m1/s1. The largest absolute Gasteiger partial charge is 0.367 e. The average Bonchev–Trinajstić information content (AvgIpc) is 2.58. The van der Waals surface area contributed by atoms with Crippen molar-refractivity contribution in [2.45, 2.75) is 25.4 Å². The molecule has 23 heavy (non-hydrogen) atoms. The normalized spacial score (nSPS) is 18.2. The van der Waals surface area contributed by atoms with Crippen LogP contribution in [-0.2, 0) is 11.3 Å². The van der Waals surface area contributed by atoms with Crippen molar-refractivity contribution in [3.05, 3.63) is 47.3 Å². The zero-order valence-electron chi connectivity index (χ0n) is 13.4. The molecule has 122 valence electrons. The molecule has 1 heterocycles. The van der Waals surface area contributed by atoms with Crippen molar-refractivity contribution >= 4 is 5.91 Å². The molecule has 0 spiro atoms. The van der Waals surface area contributed by atoms with Crippen molar-refractivity contribution < 1.29 is 4.79 Å². The number of piperidine rings is 1. The van der Waals surface area contributed by atoms with Crippen molar-refractivity contribution in [2.24, 2.45) is 5.73 Å². The fourth-order valence-corrected chi connectivity index (χ4v) is 2.65. The first-order valence-electron chi connectivity index (χ1n) is 7.80. The molecule has 1 aromatic rings. The lowest BCUT2D eigenvalue weighted by Crippen LogP contribution is -2.45. The Morgan fingerprint density at radius 3 is 3.00 bits per heavy atom. The maximum Gasteiger partial charge on any atom is 0.247 e. The van der Waals surface area contributed by atoms with E-state index in [9.17, 15) is 4.79 Å². The van der Waals surface area contributed by atoms with Crippen molar-refractivity contribution in [2.75, 3.05) is 20.1 Å². The SMILES string of the molecule is CNC(=O)/C=C(\NCc1ccccc1C#N)N1CCC[C@@H](N)C1. The Morgan fingerprint density at radius 2 is 2.30 bits per heavy atom. The topological polar surface area (TPSA) is 94.2 Å². The minimum atomic E-state index is -0.166. The first-order chi connectivity index (χ1) is 11.1. The maximum absolute atomic E-state index is 11.7. The number of likely N-dealkylation sites (N-methyl/N-ethyl adjacent to an activating group) is 1. The van der Waals surface area contributed by atoms with E-state index in [0.29, 0.717) is 12.1 Å². The first-order valence-corrected chi connectivity index (χ1v) is 7.80. The van der Waals surface area contributed by atoms with Gasteiger partial charge >= 0.3 is 0 Å². The van der Waals surface area contributed by atoms with Gasteiger partial charge in [-0.3, -0.25) is 4.79 Å². The summed E-state index contributed by atoms with van der Waals surface area (Å²) >= 11 is 0. The molecule has 0 aliphatic carbocycles. The second-order valence-electron chi connectivity index (χ2n) is 5.61. The molecule has 0 aromatic heterocycles. The summed E-state index contributed by atoms with van der Waals surface area (Å²) in [4.78, 5) is 13.8. The van der Waals surface area contributed by atoms with Crippen LogP contribution in [0.25, 0.3) is 0 Å². The van der Waals surface area contributed by atoms with Gasteiger partial charge in [0.1, 0.15) is 5.82 Å². The van der Waals surface area contributed by atoms with Gasteiger partial charge in [0.2, 0.25) is 5.91 Å². The van der Waals surface area contributed by atoms with E-state index in [1.165, 1.54) is 0 Å². The van der Waals surface area contributed by atoms with Crippen LogP contribution < -0.4 is 16.4 Å². The number of nitrogens with one attached hydrogen (secondary N) is 2. The molecular weight excluding hydrogens is 290 g/mol. The molecule has 0 unspecified atom stereocenters. The summed E-state index contributed by atoms with van der Waals surface area (Å²) in [6.07, 6.45) is 3.55. The van der Waals surface area contributed by atoms with Crippen LogP contribution in [0.4, 0.5) is 0 Å². The van der Waals surface area contributed by atoms with Crippen LogP contribution in [0.1, 0.15) is 24.0 Å². The zero-order valence-corrected chi connectivity index (χ0v) is 13.4. The van der Waals surface area contributed by atoms with Gasteiger partial charge in [0.15, 0.2) is 0 Å². The van der Waals surface area contributed by atoms with Gasteiger partial charge in [-0.25, -0.2) is 0 Å². The minimum absolute atomic E-state index is 0.116. The number of nitrogens with two attached hydrogens (primary N) is 1. The summed E-state index contributed by atoms with van der Waals surface area (Å²) in [5.41, 5.74) is 7.57. The number of nitriles is 1. The molecule has 6 nitrogen and oxygen atoms in total. The lowest BCUT2D eigenvalue weighted by Gasteiger charge is -2.34. The number of nitrogens with zero attached hydrogens (tertiary/aromatic N) is 2. The van der Waals surface area contributed by atoms with E-state index < -0.39 is 0 Å². The molecule has 4 N–H and O–H groups in total. The Labute approximate surface area is 137 Å². The zero-order chi connectivity index (χ0) is 16.7. The molecule has 1 fully saturated rings. The van der Waals surface area contributed by atoms with Crippen molar-refractivity contribution in [1.82, 2.24) is 15.5 Å². The van der Waals surface area contributed by atoms with E-state index in [1.54, 1.807) is 19.2 Å². The quantitative estimate of drug-likeness (QED) is 0.694. The summed E-state index contributed by atoms with van der Waals surface area (Å²) < 4.78 is 0. The number of amides is 1.